The Morgan fingerprint density at radius 1 is 1.17 bits per heavy atom. The predicted molar refractivity (Wildman–Crippen MR) is 77.3 cm³/mol. The highest BCUT2D eigenvalue weighted by atomic mass is 15.1. The normalized spacial score (nSPS) is 24.9. The Morgan fingerprint density at radius 3 is 2.78 bits per heavy atom. The Labute approximate surface area is 110 Å². The Hall–Kier alpha value is -1.02. The fourth-order valence-electron chi connectivity index (χ4n) is 3.38. The maximum atomic E-state index is 3.46. The summed E-state index contributed by atoms with van der Waals surface area (Å²) in [6.45, 7) is 7.27. The number of benzene rings is 1. The van der Waals surface area contributed by atoms with Gasteiger partial charge in [0.1, 0.15) is 0 Å². The van der Waals surface area contributed by atoms with Gasteiger partial charge in [-0.15, -0.1) is 0 Å². The molecular formula is C16H24N2. The lowest BCUT2D eigenvalue weighted by molar-refractivity contribution is 0.369. The van der Waals surface area contributed by atoms with Gasteiger partial charge in [0.15, 0.2) is 0 Å². The van der Waals surface area contributed by atoms with Crippen molar-refractivity contribution in [3.63, 3.8) is 0 Å². The summed E-state index contributed by atoms with van der Waals surface area (Å²) in [7, 11) is 0. The monoisotopic (exact) mass is 244 g/mol. The van der Waals surface area contributed by atoms with Gasteiger partial charge in [-0.1, -0.05) is 25.1 Å². The summed E-state index contributed by atoms with van der Waals surface area (Å²) in [5.41, 5.74) is 3.05. The van der Waals surface area contributed by atoms with E-state index >= 15 is 0 Å². The fourth-order valence-corrected chi connectivity index (χ4v) is 3.38. The Morgan fingerprint density at radius 2 is 1.94 bits per heavy atom. The van der Waals surface area contributed by atoms with Crippen LogP contribution in [0.5, 0.6) is 0 Å². The molecule has 1 atom stereocenters. The van der Waals surface area contributed by atoms with Crippen LogP contribution >= 0.6 is 0 Å². The van der Waals surface area contributed by atoms with Crippen molar-refractivity contribution in [1.29, 1.82) is 0 Å². The van der Waals surface area contributed by atoms with Gasteiger partial charge in [-0.3, -0.25) is 0 Å². The number of fused-ring (bicyclic) bond motifs is 1. The summed E-state index contributed by atoms with van der Waals surface area (Å²) in [5, 5.41) is 3.46. The summed E-state index contributed by atoms with van der Waals surface area (Å²) < 4.78 is 0. The first kappa shape index (κ1) is 12.0. The molecular weight excluding hydrogens is 220 g/mol. The van der Waals surface area contributed by atoms with E-state index in [9.17, 15) is 0 Å². The van der Waals surface area contributed by atoms with Gasteiger partial charge in [0, 0.05) is 18.8 Å². The van der Waals surface area contributed by atoms with Crippen LogP contribution in [0.2, 0.25) is 0 Å². The van der Waals surface area contributed by atoms with Crippen molar-refractivity contribution in [2.24, 2.45) is 5.92 Å². The molecule has 0 spiro atoms. The smallest absolute Gasteiger partial charge is 0.0401 e. The zero-order chi connectivity index (χ0) is 12.4. The third kappa shape index (κ3) is 2.39. The molecule has 2 heterocycles. The Kier molecular flexibility index (Phi) is 3.55. The van der Waals surface area contributed by atoms with Crippen molar-refractivity contribution >= 4 is 5.69 Å². The van der Waals surface area contributed by atoms with E-state index < -0.39 is 0 Å². The van der Waals surface area contributed by atoms with E-state index in [1.807, 2.05) is 0 Å². The first-order valence-corrected chi connectivity index (χ1v) is 7.39. The second-order valence-corrected chi connectivity index (χ2v) is 5.89. The topological polar surface area (TPSA) is 15.3 Å². The predicted octanol–water partition coefficient (Wildman–Crippen LogP) is 3.00. The van der Waals surface area contributed by atoms with Gasteiger partial charge in [-0.2, -0.15) is 0 Å². The van der Waals surface area contributed by atoms with E-state index in [0.29, 0.717) is 0 Å². The van der Waals surface area contributed by atoms with E-state index in [-0.39, 0.29) is 0 Å². The van der Waals surface area contributed by atoms with Crippen LogP contribution in [0.4, 0.5) is 5.69 Å². The molecule has 1 saturated heterocycles. The number of para-hydroxylation sites is 1. The third-order valence-corrected chi connectivity index (χ3v) is 4.58. The molecule has 2 nitrogen and oxygen atoms in total. The lowest BCUT2D eigenvalue weighted by Crippen LogP contribution is -2.38. The van der Waals surface area contributed by atoms with E-state index in [1.165, 1.54) is 51.1 Å². The van der Waals surface area contributed by atoms with Crippen molar-refractivity contribution in [2.75, 3.05) is 31.1 Å². The summed E-state index contributed by atoms with van der Waals surface area (Å²) in [6, 6.07) is 9.00. The molecule has 0 aliphatic carbocycles. The molecule has 2 aliphatic heterocycles. The first-order valence-electron chi connectivity index (χ1n) is 7.39. The molecule has 2 heteroatoms. The van der Waals surface area contributed by atoms with Crippen LogP contribution in [0, 0.1) is 5.92 Å². The summed E-state index contributed by atoms with van der Waals surface area (Å²) in [5.74, 6) is 1.61. The fraction of sp³-hybridized carbons (Fsp3) is 0.625. The van der Waals surface area contributed by atoms with Gasteiger partial charge in [0.25, 0.3) is 0 Å². The molecule has 1 aromatic carbocycles. The summed E-state index contributed by atoms with van der Waals surface area (Å²) in [6.07, 6.45) is 3.99. The standard InChI is InChI=1S/C16H24N2/c1-13-8-11-18(12-14-6-9-17-10-7-14)16-5-3-2-4-15(13)16/h2-5,13-14,17H,6-12H2,1H3. The summed E-state index contributed by atoms with van der Waals surface area (Å²) in [4.78, 5) is 2.63. The van der Waals surface area contributed by atoms with Crippen LogP contribution < -0.4 is 10.2 Å². The zero-order valence-electron chi connectivity index (χ0n) is 11.4. The minimum absolute atomic E-state index is 0.727. The number of piperidine rings is 1. The lowest BCUT2D eigenvalue weighted by Gasteiger charge is -2.37. The van der Waals surface area contributed by atoms with Crippen LogP contribution in [0.3, 0.4) is 0 Å². The van der Waals surface area contributed by atoms with Gasteiger partial charge in [-0.05, 0) is 55.8 Å². The number of anilines is 1. The van der Waals surface area contributed by atoms with Crippen molar-refractivity contribution in [2.45, 2.75) is 32.1 Å². The Bertz CT molecular complexity index is 396. The highest BCUT2D eigenvalue weighted by molar-refractivity contribution is 5.57. The zero-order valence-corrected chi connectivity index (χ0v) is 11.4. The van der Waals surface area contributed by atoms with Gasteiger partial charge in [0.2, 0.25) is 0 Å². The molecule has 0 amide bonds. The van der Waals surface area contributed by atoms with Crippen LogP contribution in [-0.2, 0) is 0 Å². The highest BCUT2D eigenvalue weighted by Gasteiger charge is 2.24. The molecule has 1 unspecified atom stereocenters. The van der Waals surface area contributed by atoms with Gasteiger partial charge in [-0.25, -0.2) is 0 Å². The van der Waals surface area contributed by atoms with Crippen molar-refractivity contribution in [3.05, 3.63) is 29.8 Å². The minimum Gasteiger partial charge on any atom is -0.371 e. The van der Waals surface area contributed by atoms with Crippen molar-refractivity contribution in [3.8, 4) is 0 Å². The van der Waals surface area contributed by atoms with E-state index in [4.69, 9.17) is 0 Å². The van der Waals surface area contributed by atoms with E-state index in [1.54, 1.807) is 5.56 Å². The SMILES string of the molecule is CC1CCN(CC2CCNCC2)c2ccccc21. The second-order valence-electron chi connectivity index (χ2n) is 5.89. The largest absolute Gasteiger partial charge is 0.371 e. The number of hydrogen-bond donors (Lipinski definition) is 1. The molecule has 98 valence electrons. The minimum atomic E-state index is 0.727. The number of rotatable bonds is 2. The van der Waals surface area contributed by atoms with Crippen molar-refractivity contribution < 1.29 is 0 Å². The quantitative estimate of drug-likeness (QED) is 0.860. The van der Waals surface area contributed by atoms with Gasteiger partial charge >= 0.3 is 0 Å². The molecule has 0 saturated carbocycles. The van der Waals surface area contributed by atoms with Crippen LogP contribution in [-0.4, -0.2) is 26.2 Å². The van der Waals surface area contributed by atoms with Crippen LogP contribution in [0.1, 0.15) is 37.7 Å². The molecule has 1 fully saturated rings. The third-order valence-electron chi connectivity index (χ3n) is 4.58. The number of nitrogens with zero attached hydrogens (tertiary/aromatic N) is 1. The van der Waals surface area contributed by atoms with E-state index in [2.05, 4.69) is 41.4 Å². The molecule has 2 aliphatic rings. The average molecular weight is 244 g/mol. The van der Waals surface area contributed by atoms with E-state index in [0.717, 1.165) is 11.8 Å². The van der Waals surface area contributed by atoms with Crippen LogP contribution in [0.15, 0.2) is 24.3 Å². The number of nitrogens with one attached hydrogen (secondary N) is 1. The van der Waals surface area contributed by atoms with Crippen LogP contribution in [0.25, 0.3) is 0 Å². The van der Waals surface area contributed by atoms with Crippen molar-refractivity contribution in [1.82, 2.24) is 5.32 Å². The first-order chi connectivity index (χ1) is 8.84. The van der Waals surface area contributed by atoms with Gasteiger partial charge < -0.3 is 10.2 Å². The molecule has 0 aromatic heterocycles. The summed E-state index contributed by atoms with van der Waals surface area (Å²) >= 11 is 0. The maximum absolute atomic E-state index is 3.46. The molecule has 1 N–H and O–H groups in total. The average Bonchev–Trinajstić information content (AvgIpc) is 2.44. The molecule has 1 aromatic rings. The molecule has 3 rings (SSSR count). The maximum Gasteiger partial charge on any atom is 0.0401 e. The van der Waals surface area contributed by atoms with Gasteiger partial charge in [0.05, 0.1) is 0 Å². The molecule has 0 radical (unpaired) electrons. The molecule has 18 heavy (non-hydrogen) atoms. The lowest BCUT2D eigenvalue weighted by atomic mass is 9.90. The second kappa shape index (κ2) is 5.31. The number of hydrogen-bond acceptors (Lipinski definition) is 2. The highest BCUT2D eigenvalue weighted by Crippen LogP contribution is 2.35. The Balaban J connectivity index is 1.75. The molecule has 0 bridgehead atoms.